The number of rotatable bonds is 4. The van der Waals surface area contributed by atoms with E-state index in [1.54, 1.807) is 4.90 Å². The number of hydrogen-bond donors (Lipinski definition) is 2. The lowest BCUT2D eigenvalue weighted by molar-refractivity contribution is 0.0708. The van der Waals surface area contributed by atoms with E-state index >= 15 is 0 Å². The third kappa shape index (κ3) is 4.20. The molecule has 1 unspecified atom stereocenters. The minimum absolute atomic E-state index is 0.0211. The first kappa shape index (κ1) is 18.3. The van der Waals surface area contributed by atoms with Gasteiger partial charge in [0.25, 0.3) is 15.9 Å². The summed E-state index contributed by atoms with van der Waals surface area (Å²) in [6.07, 6.45) is 1.76. The first-order valence-corrected chi connectivity index (χ1v) is 9.77. The fourth-order valence-corrected chi connectivity index (χ4v) is 3.94. The topological polar surface area (TPSA) is 92.5 Å². The van der Waals surface area contributed by atoms with Crippen molar-refractivity contribution in [2.45, 2.75) is 23.8 Å². The van der Waals surface area contributed by atoms with Crippen molar-refractivity contribution in [2.75, 3.05) is 17.8 Å². The lowest BCUT2D eigenvalue weighted by Gasteiger charge is -2.30. The highest BCUT2D eigenvalue weighted by Gasteiger charge is 2.23. The molecule has 1 aliphatic heterocycles. The monoisotopic (exact) mass is 377 g/mol. The van der Waals surface area contributed by atoms with Crippen LogP contribution >= 0.6 is 0 Å². The average molecular weight is 377 g/mol. The minimum Gasteiger partial charge on any atom is -0.337 e. The molecule has 1 atom stereocenters. The number of halogens is 1. The van der Waals surface area contributed by atoms with Crippen molar-refractivity contribution in [1.29, 1.82) is 0 Å². The normalized spacial score (nSPS) is 17.8. The van der Waals surface area contributed by atoms with Gasteiger partial charge in [0, 0.05) is 30.4 Å². The average Bonchev–Trinajstić information content (AvgIpc) is 2.63. The Bertz CT molecular complexity index is 883. The van der Waals surface area contributed by atoms with E-state index < -0.39 is 15.8 Å². The summed E-state index contributed by atoms with van der Waals surface area (Å²) in [6, 6.07) is 10.7. The number of hydrogen-bond acceptors (Lipinski definition) is 4. The van der Waals surface area contributed by atoms with Crippen LogP contribution in [0.3, 0.4) is 0 Å². The number of nitrogens with two attached hydrogens (primary N) is 1. The van der Waals surface area contributed by atoms with Crippen LogP contribution < -0.4 is 10.5 Å². The molecule has 0 aromatic heterocycles. The minimum atomic E-state index is -3.82. The van der Waals surface area contributed by atoms with Gasteiger partial charge in [0.2, 0.25) is 0 Å². The van der Waals surface area contributed by atoms with E-state index in [9.17, 15) is 17.6 Å². The molecule has 0 aliphatic carbocycles. The second kappa shape index (κ2) is 7.43. The number of anilines is 1. The smallest absolute Gasteiger partial charge is 0.261 e. The van der Waals surface area contributed by atoms with Gasteiger partial charge in [-0.2, -0.15) is 0 Å². The number of sulfonamides is 1. The molecular formula is C18H20FN3O3S. The van der Waals surface area contributed by atoms with Crippen LogP contribution in [0.5, 0.6) is 0 Å². The van der Waals surface area contributed by atoms with Crippen molar-refractivity contribution >= 4 is 21.6 Å². The van der Waals surface area contributed by atoms with Crippen molar-refractivity contribution in [3.63, 3.8) is 0 Å². The Morgan fingerprint density at radius 3 is 2.38 bits per heavy atom. The van der Waals surface area contributed by atoms with Gasteiger partial charge in [0.05, 0.1) is 4.90 Å². The molecule has 0 spiro atoms. The molecule has 1 saturated heterocycles. The SMILES string of the molecule is NC1CCCN(C(=O)c2ccc(S(=O)(=O)Nc3ccc(F)cc3)cc2)C1. The highest BCUT2D eigenvalue weighted by molar-refractivity contribution is 7.92. The van der Waals surface area contributed by atoms with E-state index in [4.69, 9.17) is 5.73 Å². The van der Waals surface area contributed by atoms with Crippen LogP contribution in [0.1, 0.15) is 23.2 Å². The summed E-state index contributed by atoms with van der Waals surface area (Å²) in [5.74, 6) is -0.608. The number of nitrogens with one attached hydrogen (secondary N) is 1. The quantitative estimate of drug-likeness (QED) is 0.854. The first-order valence-electron chi connectivity index (χ1n) is 8.28. The molecular weight excluding hydrogens is 357 g/mol. The summed E-state index contributed by atoms with van der Waals surface area (Å²) in [4.78, 5) is 14.2. The number of amides is 1. The second-order valence-corrected chi connectivity index (χ2v) is 7.97. The Kier molecular flexibility index (Phi) is 5.24. The van der Waals surface area contributed by atoms with Gasteiger partial charge in [-0.1, -0.05) is 0 Å². The summed E-state index contributed by atoms with van der Waals surface area (Å²) >= 11 is 0. The third-order valence-electron chi connectivity index (χ3n) is 4.25. The molecule has 3 rings (SSSR count). The van der Waals surface area contributed by atoms with Gasteiger partial charge < -0.3 is 10.6 Å². The van der Waals surface area contributed by atoms with Crippen LogP contribution in [-0.2, 0) is 10.0 Å². The molecule has 8 heteroatoms. The number of likely N-dealkylation sites (tertiary alicyclic amines) is 1. The molecule has 6 nitrogen and oxygen atoms in total. The van der Waals surface area contributed by atoms with Crippen molar-refractivity contribution in [3.8, 4) is 0 Å². The van der Waals surface area contributed by atoms with E-state index in [2.05, 4.69) is 4.72 Å². The van der Waals surface area contributed by atoms with E-state index in [1.165, 1.54) is 48.5 Å². The zero-order valence-corrected chi connectivity index (χ0v) is 14.9. The molecule has 0 bridgehead atoms. The lowest BCUT2D eigenvalue weighted by atomic mass is 10.1. The predicted octanol–water partition coefficient (Wildman–Crippen LogP) is 2.19. The Morgan fingerprint density at radius 2 is 1.77 bits per heavy atom. The number of benzene rings is 2. The molecule has 3 N–H and O–H groups in total. The molecule has 2 aromatic carbocycles. The molecule has 1 amide bonds. The number of carbonyl (C=O) groups excluding carboxylic acids is 1. The summed E-state index contributed by atoms with van der Waals surface area (Å²) in [5, 5.41) is 0. The first-order chi connectivity index (χ1) is 12.3. The highest BCUT2D eigenvalue weighted by atomic mass is 32.2. The van der Waals surface area contributed by atoms with Crippen molar-refractivity contribution in [3.05, 3.63) is 59.9 Å². The molecule has 0 radical (unpaired) electrons. The Morgan fingerprint density at radius 1 is 1.12 bits per heavy atom. The number of piperidine rings is 1. The van der Waals surface area contributed by atoms with Crippen LogP contribution in [-0.4, -0.2) is 38.4 Å². The van der Waals surface area contributed by atoms with Crippen molar-refractivity contribution in [1.82, 2.24) is 4.90 Å². The van der Waals surface area contributed by atoms with Gasteiger partial charge in [0.1, 0.15) is 5.82 Å². The van der Waals surface area contributed by atoms with Crippen LogP contribution in [0.4, 0.5) is 10.1 Å². The van der Waals surface area contributed by atoms with Gasteiger partial charge >= 0.3 is 0 Å². The standard InChI is InChI=1S/C18H20FN3O3S/c19-14-5-7-16(8-6-14)21-26(24,25)17-9-3-13(4-10-17)18(23)22-11-1-2-15(20)12-22/h3-10,15,21H,1-2,11-12,20H2. The summed E-state index contributed by atoms with van der Waals surface area (Å²) in [7, 11) is -3.82. The summed E-state index contributed by atoms with van der Waals surface area (Å²) in [6.45, 7) is 1.16. The predicted molar refractivity (Wildman–Crippen MR) is 96.8 cm³/mol. The Hall–Kier alpha value is -2.45. The van der Waals surface area contributed by atoms with Crippen LogP contribution in [0, 0.1) is 5.82 Å². The second-order valence-electron chi connectivity index (χ2n) is 6.29. The summed E-state index contributed by atoms with van der Waals surface area (Å²) in [5.41, 5.74) is 6.57. The molecule has 26 heavy (non-hydrogen) atoms. The van der Waals surface area contributed by atoms with Crippen molar-refractivity contribution in [2.24, 2.45) is 5.73 Å². The van der Waals surface area contributed by atoms with Gasteiger partial charge in [-0.25, -0.2) is 12.8 Å². The van der Waals surface area contributed by atoms with Gasteiger partial charge in [-0.15, -0.1) is 0 Å². The van der Waals surface area contributed by atoms with E-state index in [0.717, 1.165) is 12.8 Å². The maximum absolute atomic E-state index is 12.9. The van der Waals surface area contributed by atoms with E-state index in [-0.39, 0.29) is 22.5 Å². The largest absolute Gasteiger partial charge is 0.337 e. The number of nitrogens with zero attached hydrogens (tertiary/aromatic N) is 1. The maximum Gasteiger partial charge on any atom is 0.261 e. The Labute approximate surface area is 151 Å². The maximum atomic E-state index is 12.9. The zero-order chi connectivity index (χ0) is 18.7. The molecule has 2 aromatic rings. The van der Waals surface area contributed by atoms with Gasteiger partial charge in [-0.05, 0) is 61.4 Å². The molecule has 1 heterocycles. The molecule has 0 saturated carbocycles. The van der Waals surface area contributed by atoms with E-state index in [1.807, 2.05) is 0 Å². The summed E-state index contributed by atoms with van der Waals surface area (Å²) < 4.78 is 40.1. The molecule has 138 valence electrons. The van der Waals surface area contributed by atoms with Crippen LogP contribution in [0.25, 0.3) is 0 Å². The molecule has 1 aliphatic rings. The fourth-order valence-electron chi connectivity index (χ4n) is 2.89. The van der Waals surface area contributed by atoms with Crippen LogP contribution in [0.15, 0.2) is 53.4 Å². The third-order valence-corrected chi connectivity index (χ3v) is 5.65. The van der Waals surface area contributed by atoms with Gasteiger partial charge in [-0.3, -0.25) is 9.52 Å². The molecule has 1 fully saturated rings. The Balaban J connectivity index is 1.73. The fraction of sp³-hybridized carbons (Fsp3) is 0.278. The zero-order valence-electron chi connectivity index (χ0n) is 14.1. The highest BCUT2D eigenvalue weighted by Crippen LogP contribution is 2.18. The lowest BCUT2D eigenvalue weighted by Crippen LogP contribution is -2.45. The number of carbonyl (C=O) groups is 1. The van der Waals surface area contributed by atoms with E-state index in [0.29, 0.717) is 18.7 Å². The van der Waals surface area contributed by atoms with Crippen LogP contribution in [0.2, 0.25) is 0 Å². The van der Waals surface area contributed by atoms with Gasteiger partial charge in [0.15, 0.2) is 0 Å². The van der Waals surface area contributed by atoms with Crippen molar-refractivity contribution < 1.29 is 17.6 Å².